The summed E-state index contributed by atoms with van der Waals surface area (Å²) >= 11 is 0. The fourth-order valence-corrected chi connectivity index (χ4v) is 1.99. The van der Waals surface area contributed by atoms with E-state index < -0.39 is 0 Å². The predicted octanol–water partition coefficient (Wildman–Crippen LogP) is 1.60. The third kappa shape index (κ3) is 1.57. The molecule has 3 heterocycles. The molecule has 1 aliphatic heterocycles. The van der Waals surface area contributed by atoms with Crippen molar-refractivity contribution in [3.8, 4) is 0 Å². The molecule has 0 radical (unpaired) electrons. The average molecular weight is 203 g/mol. The van der Waals surface area contributed by atoms with Crippen molar-refractivity contribution in [2.24, 2.45) is 0 Å². The van der Waals surface area contributed by atoms with E-state index in [1.54, 1.807) is 6.26 Å². The maximum Gasteiger partial charge on any atom is 0.160 e. The number of fused-ring (bicyclic) bond motifs is 1. The first kappa shape index (κ1) is 8.73. The quantitative estimate of drug-likeness (QED) is 0.778. The summed E-state index contributed by atoms with van der Waals surface area (Å²) in [6.45, 7) is 2.09. The van der Waals surface area contributed by atoms with E-state index in [4.69, 9.17) is 4.42 Å². The summed E-state index contributed by atoms with van der Waals surface area (Å²) in [4.78, 5) is 4.18. The van der Waals surface area contributed by atoms with Crippen LogP contribution in [0.5, 0.6) is 0 Å². The van der Waals surface area contributed by atoms with E-state index in [9.17, 15) is 0 Å². The molecular formula is C11H13N3O. The van der Waals surface area contributed by atoms with Crippen LogP contribution in [-0.2, 0) is 0 Å². The fourth-order valence-electron chi connectivity index (χ4n) is 1.99. The Balaban J connectivity index is 1.92. The van der Waals surface area contributed by atoms with Crippen LogP contribution in [0.15, 0.2) is 29.1 Å². The van der Waals surface area contributed by atoms with Gasteiger partial charge in [0.1, 0.15) is 0 Å². The molecule has 0 amide bonds. The lowest BCUT2D eigenvalue weighted by atomic mass is 10.2. The Kier molecular flexibility index (Phi) is 2.07. The van der Waals surface area contributed by atoms with Crippen molar-refractivity contribution < 1.29 is 4.42 Å². The van der Waals surface area contributed by atoms with Crippen LogP contribution in [0, 0.1) is 0 Å². The van der Waals surface area contributed by atoms with E-state index in [2.05, 4.69) is 15.6 Å². The number of anilines is 1. The second kappa shape index (κ2) is 3.55. The van der Waals surface area contributed by atoms with Crippen LogP contribution >= 0.6 is 0 Å². The van der Waals surface area contributed by atoms with Gasteiger partial charge in [0.2, 0.25) is 0 Å². The molecule has 0 bridgehead atoms. The van der Waals surface area contributed by atoms with E-state index in [1.807, 2.05) is 18.5 Å². The van der Waals surface area contributed by atoms with Gasteiger partial charge in [-0.05, 0) is 19.0 Å². The molecule has 1 fully saturated rings. The molecule has 4 nitrogen and oxygen atoms in total. The van der Waals surface area contributed by atoms with Crippen LogP contribution in [0.4, 0.5) is 5.69 Å². The second-order valence-corrected chi connectivity index (χ2v) is 3.86. The van der Waals surface area contributed by atoms with Gasteiger partial charge in [-0.25, -0.2) is 0 Å². The van der Waals surface area contributed by atoms with E-state index in [-0.39, 0.29) is 0 Å². The van der Waals surface area contributed by atoms with Crippen LogP contribution < -0.4 is 10.6 Å². The highest BCUT2D eigenvalue weighted by atomic mass is 16.3. The predicted molar refractivity (Wildman–Crippen MR) is 58.9 cm³/mol. The van der Waals surface area contributed by atoms with Crippen molar-refractivity contribution in [3.05, 3.63) is 24.7 Å². The van der Waals surface area contributed by atoms with Crippen molar-refractivity contribution in [1.82, 2.24) is 10.3 Å². The highest BCUT2D eigenvalue weighted by Gasteiger charge is 2.15. The Morgan fingerprint density at radius 3 is 3.33 bits per heavy atom. The van der Waals surface area contributed by atoms with Gasteiger partial charge in [-0.1, -0.05) is 0 Å². The van der Waals surface area contributed by atoms with Gasteiger partial charge >= 0.3 is 0 Å². The number of hydrogen-bond acceptors (Lipinski definition) is 4. The molecule has 1 unspecified atom stereocenters. The van der Waals surface area contributed by atoms with E-state index in [0.29, 0.717) is 6.04 Å². The molecule has 15 heavy (non-hydrogen) atoms. The van der Waals surface area contributed by atoms with Gasteiger partial charge in [0.05, 0.1) is 18.1 Å². The molecule has 78 valence electrons. The molecule has 1 aliphatic rings. The van der Waals surface area contributed by atoms with Gasteiger partial charge in [0.25, 0.3) is 0 Å². The molecule has 2 aromatic heterocycles. The zero-order chi connectivity index (χ0) is 10.1. The molecule has 2 N–H and O–H groups in total. The Hall–Kier alpha value is -1.55. The molecule has 0 saturated carbocycles. The number of rotatable bonds is 2. The first-order chi connectivity index (χ1) is 7.43. The summed E-state index contributed by atoms with van der Waals surface area (Å²) in [5, 5.41) is 7.82. The lowest BCUT2D eigenvalue weighted by molar-refractivity contribution is 0.615. The van der Waals surface area contributed by atoms with Crippen LogP contribution in [0.3, 0.4) is 0 Å². The Labute approximate surface area is 87.7 Å². The maximum atomic E-state index is 5.44. The van der Waals surface area contributed by atoms with Crippen LogP contribution in [-0.4, -0.2) is 24.1 Å². The topological polar surface area (TPSA) is 50.1 Å². The Morgan fingerprint density at radius 2 is 2.47 bits per heavy atom. The van der Waals surface area contributed by atoms with Crippen molar-refractivity contribution in [1.29, 1.82) is 0 Å². The van der Waals surface area contributed by atoms with Gasteiger partial charge in [-0.2, -0.15) is 0 Å². The highest BCUT2D eigenvalue weighted by molar-refractivity contribution is 5.87. The number of pyridine rings is 1. The molecular weight excluding hydrogens is 190 g/mol. The van der Waals surface area contributed by atoms with Gasteiger partial charge in [-0.15, -0.1) is 0 Å². The summed E-state index contributed by atoms with van der Waals surface area (Å²) in [5.74, 6) is 0. The first-order valence-electron chi connectivity index (χ1n) is 5.22. The van der Waals surface area contributed by atoms with Crippen molar-refractivity contribution in [3.63, 3.8) is 0 Å². The smallest absolute Gasteiger partial charge is 0.160 e. The zero-order valence-electron chi connectivity index (χ0n) is 8.36. The lowest BCUT2D eigenvalue weighted by Crippen LogP contribution is -2.22. The maximum absolute atomic E-state index is 5.44. The van der Waals surface area contributed by atoms with Crippen LogP contribution in [0.25, 0.3) is 11.0 Å². The molecule has 0 aliphatic carbocycles. The first-order valence-corrected chi connectivity index (χ1v) is 5.22. The minimum absolute atomic E-state index is 0.488. The summed E-state index contributed by atoms with van der Waals surface area (Å²) < 4.78 is 5.44. The number of hydrogen-bond donors (Lipinski definition) is 2. The van der Waals surface area contributed by atoms with E-state index >= 15 is 0 Å². The van der Waals surface area contributed by atoms with Crippen molar-refractivity contribution >= 4 is 16.7 Å². The number of aromatic nitrogens is 1. The van der Waals surface area contributed by atoms with Crippen molar-refractivity contribution in [2.45, 2.75) is 12.5 Å². The molecule has 4 heteroatoms. The normalized spacial score (nSPS) is 20.9. The number of nitrogens with zero attached hydrogens (tertiary/aromatic N) is 1. The summed E-state index contributed by atoms with van der Waals surface area (Å²) in [5.41, 5.74) is 1.89. The van der Waals surface area contributed by atoms with Crippen LogP contribution in [0.2, 0.25) is 0 Å². The molecule has 1 atom stereocenters. The molecule has 2 aromatic rings. The molecule has 0 aromatic carbocycles. The fraction of sp³-hybridized carbons (Fsp3) is 0.364. The zero-order valence-corrected chi connectivity index (χ0v) is 8.36. The monoisotopic (exact) mass is 203 g/mol. The minimum atomic E-state index is 0.488. The highest BCUT2D eigenvalue weighted by Crippen LogP contribution is 2.23. The van der Waals surface area contributed by atoms with Gasteiger partial charge in [0.15, 0.2) is 5.58 Å². The third-order valence-electron chi connectivity index (χ3n) is 2.78. The summed E-state index contributed by atoms with van der Waals surface area (Å²) in [6.07, 6.45) is 6.49. The average Bonchev–Trinajstić information content (AvgIpc) is 2.87. The molecule has 0 spiro atoms. The Bertz CT molecular complexity index is 460. The Morgan fingerprint density at radius 1 is 1.47 bits per heavy atom. The lowest BCUT2D eigenvalue weighted by Gasteiger charge is -2.12. The van der Waals surface area contributed by atoms with Gasteiger partial charge in [0, 0.05) is 24.2 Å². The minimum Gasteiger partial charge on any atom is -0.462 e. The van der Waals surface area contributed by atoms with Gasteiger partial charge < -0.3 is 15.1 Å². The number of nitrogens with one attached hydrogen (secondary N) is 2. The van der Waals surface area contributed by atoms with Crippen molar-refractivity contribution in [2.75, 3.05) is 18.4 Å². The SMILES string of the molecule is c1cc2cncc(NC3CCNC3)c2o1. The third-order valence-corrected chi connectivity index (χ3v) is 2.78. The van der Waals surface area contributed by atoms with E-state index in [1.165, 1.54) is 0 Å². The second-order valence-electron chi connectivity index (χ2n) is 3.86. The van der Waals surface area contributed by atoms with Crippen LogP contribution in [0.1, 0.15) is 6.42 Å². The standard InChI is InChI=1S/C11H13N3O/c1-3-12-6-9(1)14-10-7-13-5-8-2-4-15-11(8)10/h2,4-5,7,9,12,14H,1,3,6H2. The van der Waals surface area contributed by atoms with E-state index in [0.717, 1.165) is 36.2 Å². The largest absolute Gasteiger partial charge is 0.462 e. The number of furan rings is 1. The molecule has 3 rings (SSSR count). The van der Waals surface area contributed by atoms with Gasteiger partial charge in [-0.3, -0.25) is 4.98 Å². The summed E-state index contributed by atoms with van der Waals surface area (Å²) in [7, 11) is 0. The molecule has 1 saturated heterocycles. The summed E-state index contributed by atoms with van der Waals surface area (Å²) in [6, 6.07) is 2.42.